The molecule has 9 nitrogen and oxygen atoms in total. The zero-order valence-corrected chi connectivity index (χ0v) is 17.2. The molecule has 1 aromatic heterocycles. The van der Waals surface area contributed by atoms with Crippen molar-refractivity contribution in [3.63, 3.8) is 0 Å². The van der Waals surface area contributed by atoms with Gasteiger partial charge in [-0.15, -0.1) is 5.10 Å². The van der Waals surface area contributed by atoms with E-state index in [2.05, 4.69) is 37.1 Å². The zero-order valence-electron chi connectivity index (χ0n) is 15.6. The minimum atomic E-state index is -0.519. The van der Waals surface area contributed by atoms with Gasteiger partial charge < -0.3 is 9.47 Å². The van der Waals surface area contributed by atoms with E-state index in [1.165, 1.54) is 0 Å². The third-order valence-corrected chi connectivity index (χ3v) is 5.41. The molecule has 1 fully saturated rings. The van der Waals surface area contributed by atoms with Crippen LogP contribution in [0.15, 0.2) is 46.9 Å². The number of halogens is 1. The Morgan fingerprint density at radius 1 is 1.00 bits per heavy atom. The Morgan fingerprint density at radius 2 is 1.73 bits per heavy atom. The molecular weight excluding hydrogens is 454 g/mol. The van der Waals surface area contributed by atoms with E-state index in [4.69, 9.17) is 9.47 Å². The van der Waals surface area contributed by atoms with E-state index in [1.54, 1.807) is 22.9 Å². The van der Waals surface area contributed by atoms with Crippen LogP contribution in [0.1, 0.15) is 45.3 Å². The van der Waals surface area contributed by atoms with Gasteiger partial charge in [0.15, 0.2) is 17.2 Å². The molecule has 10 heteroatoms. The van der Waals surface area contributed by atoms with Crippen LogP contribution in [-0.4, -0.2) is 33.6 Å². The standard InChI is InChI=1S/C20H16BrN5O4/c21-13-4-6-14(7-5-13)26-18(11-1-2-11)17(22-25-26)20(28)24-23-19(27)12-3-8-15-16(9-12)30-10-29-15/h3-9,11H,1-2,10H2,(H,23,27)(H,24,28). The van der Waals surface area contributed by atoms with Crippen molar-refractivity contribution in [2.45, 2.75) is 18.8 Å². The van der Waals surface area contributed by atoms with Crippen molar-refractivity contribution in [3.05, 3.63) is 63.9 Å². The molecule has 0 bridgehead atoms. The predicted molar refractivity (Wildman–Crippen MR) is 109 cm³/mol. The average Bonchev–Trinajstić information content (AvgIpc) is 3.32. The highest BCUT2D eigenvalue weighted by atomic mass is 79.9. The smallest absolute Gasteiger partial charge is 0.292 e. The summed E-state index contributed by atoms with van der Waals surface area (Å²) in [7, 11) is 0. The average molecular weight is 470 g/mol. The molecule has 1 aliphatic carbocycles. The summed E-state index contributed by atoms with van der Waals surface area (Å²) >= 11 is 3.41. The van der Waals surface area contributed by atoms with Crippen molar-refractivity contribution in [2.24, 2.45) is 0 Å². The molecule has 0 spiro atoms. The van der Waals surface area contributed by atoms with Crippen LogP contribution < -0.4 is 20.3 Å². The van der Waals surface area contributed by atoms with Crippen LogP contribution in [0, 0.1) is 0 Å². The maximum Gasteiger partial charge on any atom is 0.292 e. The molecule has 2 aliphatic rings. The van der Waals surface area contributed by atoms with Crippen molar-refractivity contribution in [1.82, 2.24) is 25.8 Å². The van der Waals surface area contributed by atoms with Crippen molar-refractivity contribution in [1.29, 1.82) is 0 Å². The monoisotopic (exact) mass is 469 g/mol. The van der Waals surface area contributed by atoms with E-state index >= 15 is 0 Å². The maximum atomic E-state index is 12.7. The summed E-state index contributed by atoms with van der Waals surface area (Å²) in [6.07, 6.45) is 1.93. The van der Waals surface area contributed by atoms with Gasteiger partial charge in [-0.2, -0.15) is 0 Å². The van der Waals surface area contributed by atoms with Gasteiger partial charge in [0.2, 0.25) is 6.79 Å². The van der Waals surface area contributed by atoms with Crippen LogP contribution in [0.2, 0.25) is 0 Å². The van der Waals surface area contributed by atoms with Crippen molar-refractivity contribution >= 4 is 27.7 Å². The van der Waals surface area contributed by atoms with Gasteiger partial charge in [0.25, 0.3) is 11.8 Å². The van der Waals surface area contributed by atoms with Gasteiger partial charge in [0, 0.05) is 16.0 Å². The van der Waals surface area contributed by atoms with Gasteiger partial charge in [0.1, 0.15) is 0 Å². The van der Waals surface area contributed by atoms with E-state index in [9.17, 15) is 9.59 Å². The number of nitrogens with zero attached hydrogens (tertiary/aromatic N) is 3. The minimum Gasteiger partial charge on any atom is -0.454 e. The first-order valence-corrected chi connectivity index (χ1v) is 10.1. The van der Waals surface area contributed by atoms with Crippen LogP contribution in [-0.2, 0) is 0 Å². The third kappa shape index (κ3) is 3.50. The van der Waals surface area contributed by atoms with Crippen LogP contribution >= 0.6 is 15.9 Å². The summed E-state index contributed by atoms with van der Waals surface area (Å²) in [5.74, 6) is 0.287. The lowest BCUT2D eigenvalue weighted by Crippen LogP contribution is -2.42. The van der Waals surface area contributed by atoms with Gasteiger partial charge >= 0.3 is 0 Å². The molecule has 2 aromatic carbocycles. The Balaban J connectivity index is 1.33. The van der Waals surface area contributed by atoms with Crippen LogP contribution in [0.3, 0.4) is 0 Å². The summed E-state index contributed by atoms with van der Waals surface area (Å²) in [4.78, 5) is 25.1. The number of benzene rings is 2. The molecule has 5 rings (SSSR count). The summed E-state index contributed by atoms with van der Waals surface area (Å²) in [6.45, 7) is 0.120. The lowest BCUT2D eigenvalue weighted by molar-refractivity contribution is 0.0843. The number of hydrogen-bond acceptors (Lipinski definition) is 6. The summed E-state index contributed by atoms with van der Waals surface area (Å²) in [5.41, 5.74) is 6.93. The third-order valence-electron chi connectivity index (χ3n) is 4.88. The van der Waals surface area contributed by atoms with E-state index in [-0.39, 0.29) is 18.4 Å². The highest BCUT2D eigenvalue weighted by Crippen LogP contribution is 2.42. The molecule has 152 valence electrons. The van der Waals surface area contributed by atoms with Gasteiger partial charge in [-0.3, -0.25) is 20.4 Å². The molecule has 3 aromatic rings. The zero-order chi connectivity index (χ0) is 20.7. The lowest BCUT2D eigenvalue weighted by Gasteiger charge is -2.09. The molecule has 2 heterocycles. The molecule has 0 unspecified atom stereocenters. The molecule has 0 saturated heterocycles. The Morgan fingerprint density at radius 3 is 2.50 bits per heavy atom. The second-order valence-corrected chi connectivity index (χ2v) is 7.88. The molecular formula is C20H16BrN5O4. The molecule has 2 N–H and O–H groups in total. The fraction of sp³-hybridized carbons (Fsp3) is 0.200. The first-order valence-electron chi connectivity index (χ1n) is 9.32. The van der Waals surface area contributed by atoms with Crippen LogP contribution in [0.25, 0.3) is 5.69 Å². The van der Waals surface area contributed by atoms with E-state index < -0.39 is 11.8 Å². The molecule has 30 heavy (non-hydrogen) atoms. The quantitative estimate of drug-likeness (QED) is 0.568. The fourth-order valence-corrected chi connectivity index (χ4v) is 3.49. The fourth-order valence-electron chi connectivity index (χ4n) is 3.23. The van der Waals surface area contributed by atoms with E-state index in [0.29, 0.717) is 17.1 Å². The largest absolute Gasteiger partial charge is 0.454 e. The van der Waals surface area contributed by atoms with Crippen LogP contribution in [0.4, 0.5) is 0 Å². The normalized spacial score (nSPS) is 14.4. The highest BCUT2D eigenvalue weighted by Gasteiger charge is 2.34. The Kier molecular flexibility index (Phi) is 4.62. The van der Waals surface area contributed by atoms with Gasteiger partial charge in [-0.1, -0.05) is 21.1 Å². The SMILES string of the molecule is O=C(NNC(=O)c1nnn(-c2ccc(Br)cc2)c1C1CC1)c1ccc2c(c1)OCO2. The van der Waals surface area contributed by atoms with Gasteiger partial charge in [-0.05, 0) is 55.3 Å². The number of fused-ring (bicyclic) bond motifs is 1. The molecule has 0 atom stereocenters. The number of carbonyl (C=O) groups excluding carboxylic acids is 2. The molecule has 0 radical (unpaired) electrons. The number of aromatic nitrogens is 3. The van der Waals surface area contributed by atoms with E-state index in [1.807, 2.05) is 24.3 Å². The Hall–Kier alpha value is -3.40. The number of hydrazine groups is 1. The minimum absolute atomic E-state index is 0.120. The maximum absolute atomic E-state index is 12.7. The number of nitrogens with one attached hydrogen (secondary N) is 2. The second-order valence-electron chi connectivity index (χ2n) is 6.96. The lowest BCUT2D eigenvalue weighted by atomic mass is 10.2. The van der Waals surface area contributed by atoms with Crippen molar-refractivity contribution in [3.8, 4) is 17.2 Å². The molecule has 1 saturated carbocycles. The van der Waals surface area contributed by atoms with Crippen LogP contribution in [0.5, 0.6) is 11.5 Å². The Bertz CT molecular complexity index is 1140. The van der Waals surface area contributed by atoms with E-state index in [0.717, 1.165) is 28.7 Å². The second kappa shape index (κ2) is 7.45. The molecule has 1 aliphatic heterocycles. The highest BCUT2D eigenvalue weighted by molar-refractivity contribution is 9.10. The first-order chi connectivity index (χ1) is 14.6. The number of rotatable bonds is 4. The summed E-state index contributed by atoms with van der Waals surface area (Å²) in [6, 6.07) is 12.4. The number of ether oxygens (including phenoxy) is 2. The van der Waals surface area contributed by atoms with Gasteiger partial charge in [-0.25, -0.2) is 4.68 Å². The van der Waals surface area contributed by atoms with Crippen molar-refractivity contribution in [2.75, 3.05) is 6.79 Å². The summed E-state index contributed by atoms with van der Waals surface area (Å²) < 4.78 is 13.1. The number of amides is 2. The molecule has 2 amide bonds. The van der Waals surface area contributed by atoms with Crippen molar-refractivity contribution < 1.29 is 19.1 Å². The predicted octanol–water partition coefficient (Wildman–Crippen LogP) is 2.71. The number of hydrogen-bond donors (Lipinski definition) is 2. The van der Waals surface area contributed by atoms with Gasteiger partial charge in [0.05, 0.1) is 11.4 Å². The first kappa shape index (κ1) is 18.6. The topological polar surface area (TPSA) is 107 Å². The summed E-state index contributed by atoms with van der Waals surface area (Å²) in [5, 5.41) is 8.25. The number of carbonyl (C=O) groups is 2. The Labute approximate surface area is 179 Å².